The minimum Gasteiger partial charge on any atom is -0.338 e. The van der Waals surface area contributed by atoms with Crippen LogP contribution in [0.5, 0.6) is 0 Å². The van der Waals surface area contributed by atoms with Crippen LogP contribution >= 0.6 is 11.6 Å². The zero-order valence-corrected chi connectivity index (χ0v) is 14.5. The van der Waals surface area contributed by atoms with E-state index in [-0.39, 0.29) is 15.8 Å². The Morgan fingerprint density at radius 1 is 1.27 bits per heavy atom. The molecule has 2 rings (SSSR count). The summed E-state index contributed by atoms with van der Waals surface area (Å²) in [6, 6.07) is 4.37. The Bertz CT molecular complexity index is 665. The molecule has 0 bridgehead atoms. The van der Waals surface area contributed by atoms with E-state index in [1.165, 1.54) is 19.2 Å². The summed E-state index contributed by atoms with van der Waals surface area (Å²) in [5, 5.41) is 0.103. The Morgan fingerprint density at radius 3 is 2.41 bits per heavy atom. The van der Waals surface area contributed by atoms with Crippen molar-refractivity contribution in [2.24, 2.45) is 11.8 Å². The van der Waals surface area contributed by atoms with Crippen molar-refractivity contribution in [1.82, 2.24) is 9.62 Å². The molecule has 2 atom stereocenters. The number of benzene rings is 1. The van der Waals surface area contributed by atoms with Crippen molar-refractivity contribution in [2.45, 2.75) is 25.2 Å². The molecule has 7 heteroatoms. The van der Waals surface area contributed by atoms with Crippen LogP contribution in [-0.4, -0.2) is 39.4 Å². The lowest BCUT2D eigenvalue weighted by Crippen LogP contribution is -2.42. The van der Waals surface area contributed by atoms with Gasteiger partial charge in [-0.3, -0.25) is 4.79 Å². The standard InChI is InChI=1S/C15H21ClN2O3S/c1-10-6-11(2)9-18(8-10)15(19)12-4-5-13(16)14(7-12)22(20,21)17-3/h4-5,7,10-11,17H,6,8-9H2,1-3H3/t10-,11-/m1/s1. The Hall–Kier alpha value is -1.11. The zero-order chi connectivity index (χ0) is 16.5. The highest BCUT2D eigenvalue weighted by Crippen LogP contribution is 2.26. The van der Waals surface area contributed by atoms with Gasteiger partial charge in [-0.2, -0.15) is 0 Å². The van der Waals surface area contributed by atoms with Gasteiger partial charge in [-0.05, 0) is 43.5 Å². The molecule has 1 amide bonds. The maximum Gasteiger partial charge on any atom is 0.253 e. The van der Waals surface area contributed by atoms with Crippen LogP contribution in [0.3, 0.4) is 0 Å². The average molecular weight is 345 g/mol. The molecule has 122 valence electrons. The molecule has 1 heterocycles. The van der Waals surface area contributed by atoms with Crippen LogP contribution in [0, 0.1) is 11.8 Å². The summed E-state index contributed by atoms with van der Waals surface area (Å²) >= 11 is 5.95. The third-order valence-corrected chi connectivity index (χ3v) is 5.79. The van der Waals surface area contributed by atoms with Crippen molar-refractivity contribution in [2.75, 3.05) is 20.1 Å². The monoisotopic (exact) mass is 344 g/mol. The number of carbonyl (C=O) groups is 1. The summed E-state index contributed by atoms with van der Waals surface area (Å²) in [5.74, 6) is 0.739. The minimum atomic E-state index is -3.69. The van der Waals surface area contributed by atoms with Crippen LogP contribution in [0.2, 0.25) is 5.02 Å². The molecule has 1 aromatic rings. The third kappa shape index (κ3) is 3.62. The second-order valence-corrected chi connectivity index (χ2v) is 8.27. The van der Waals surface area contributed by atoms with Crippen molar-refractivity contribution in [3.05, 3.63) is 28.8 Å². The van der Waals surface area contributed by atoms with Crippen molar-refractivity contribution in [1.29, 1.82) is 0 Å². The van der Waals surface area contributed by atoms with Gasteiger partial charge in [0, 0.05) is 18.7 Å². The summed E-state index contributed by atoms with van der Waals surface area (Å²) in [6.45, 7) is 5.63. The molecule has 1 saturated heterocycles. The number of piperidine rings is 1. The maximum atomic E-state index is 12.6. The van der Waals surface area contributed by atoms with Crippen molar-refractivity contribution in [3.8, 4) is 0 Å². The van der Waals surface area contributed by atoms with Gasteiger partial charge in [0.2, 0.25) is 10.0 Å². The Morgan fingerprint density at radius 2 is 1.86 bits per heavy atom. The highest BCUT2D eigenvalue weighted by molar-refractivity contribution is 7.89. The van der Waals surface area contributed by atoms with Gasteiger partial charge in [-0.15, -0.1) is 0 Å². The normalized spacial score (nSPS) is 22.6. The van der Waals surface area contributed by atoms with E-state index < -0.39 is 10.0 Å². The van der Waals surface area contributed by atoms with Gasteiger partial charge in [-0.25, -0.2) is 13.1 Å². The molecule has 0 aromatic heterocycles. The molecule has 0 aliphatic carbocycles. The Labute approximate surface area is 136 Å². The fraction of sp³-hybridized carbons (Fsp3) is 0.533. The molecular weight excluding hydrogens is 324 g/mol. The molecule has 0 spiro atoms. The molecule has 5 nitrogen and oxygen atoms in total. The van der Waals surface area contributed by atoms with Crippen molar-refractivity contribution >= 4 is 27.5 Å². The number of nitrogens with one attached hydrogen (secondary N) is 1. The Kier molecular flexibility index (Phi) is 5.14. The average Bonchev–Trinajstić information content (AvgIpc) is 2.45. The molecule has 1 aromatic carbocycles. The first kappa shape index (κ1) is 17.2. The number of amides is 1. The fourth-order valence-corrected chi connectivity index (χ4v) is 4.21. The zero-order valence-electron chi connectivity index (χ0n) is 13.0. The number of rotatable bonds is 3. The smallest absolute Gasteiger partial charge is 0.253 e. The van der Waals surface area contributed by atoms with Crippen molar-refractivity contribution < 1.29 is 13.2 Å². The molecule has 0 radical (unpaired) electrons. The molecule has 22 heavy (non-hydrogen) atoms. The first-order valence-electron chi connectivity index (χ1n) is 7.27. The molecule has 0 saturated carbocycles. The second-order valence-electron chi connectivity index (χ2n) is 6.01. The van der Waals surface area contributed by atoms with Crippen LogP contribution in [-0.2, 0) is 10.0 Å². The van der Waals surface area contributed by atoms with E-state index >= 15 is 0 Å². The molecular formula is C15H21ClN2O3S. The van der Waals surface area contributed by atoms with E-state index in [4.69, 9.17) is 11.6 Å². The van der Waals surface area contributed by atoms with E-state index in [2.05, 4.69) is 18.6 Å². The minimum absolute atomic E-state index is 0.0689. The molecule has 1 N–H and O–H groups in total. The lowest BCUT2D eigenvalue weighted by molar-refractivity contribution is 0.0623. The molecule has 1 fully saturated rings. The number of hydrogen-bond donors (Lipinski definition) is 1. The van der Waals surface area contributed by atoms with Gasteiger partial charge in [0.25, 0.3) is 5.91 Å². The van der Waals surface area contributed by atoms with Gasteiger partial charge in [0.1, 0.15) is 4.90 Å². The SMILES string of the molecule is CNS(=O)(=O)c1cc(C(=O)N2C[C@H](C)C[C@@H](C)C2)ccc1Cl. The van der Waals surface area contributed by atoms with Crippen LogP contribution in [0.15, 0.2) is 23.1 Å². The molecule has 1 aliphatic heterocycles. The first-order valence-corrected chi connectivity index (χ1v) is 9.13. The summed E-state index contributed by atoms with van der Waals surface area (Å²) < 4.78 is 26.1. The first-order chi connectivity index (χ1) is 10.2. The lowest BCUT2D eigenvalue weighted by Gasteiger charge is -2.35. The summed E-state index contributed by atoms with van der Waals surface area (Å²) in [7, 11) is -2.38. The molecule has 0 unspecified atom stereocenters. The van der Waals surface area contributed by atoms with Crippen LogP contribution in [0.25, 0.3) is 0 Å². The number of carbonyl (C=O) groups excluding carboxylic acids is 1. The quantitative estimate of drug-likeness (QED) is 0.915. The second kappa shape index (κ2) is 6.56. The van der Waals surface area contributed by atoms with E-state index in [0.29, 0.717) is 30.5 Å². The highest BCUT2D eigenvalue weighted by atomic mass is 35.5. The number of sulfonamides is 1. The van der Waals surface area contributed by atoms with Crippen LogP contribution < -0.4 is 4.72 Å². The lowest BCUT2D eigenvalue weighted by atomic mass is 9.91. The summed E-state index contributed by atoms with van der Waals surface area (Å²) in [4.78, 5) is 14.4. The predicted molar refractivity (Wildman–Crippen MR) is 86.5 cm³/mol. The van der Waals surface area contributed by atoms with Crippen LogP contribution in [0.4, 0.5) is 0 Å². The van der Waals surface area contributed by atoms with E-state index in [9.17, 15) is 13.2 Å². The van der Waals surface area contributed by atoms with Gasteiger partial charge in [0.05, 0.1) is 5.02 Å². The number of halogens is 1. The van der Waals surface area contributed by atoms with Gasteiger partial charge in [0.15, 0.2) is 0 Å². The number of nitrogens with zero attached hydrogens (tertiary/aromatic N) is 1. The Balaban J connectivity index is 2.33. The van der Waals surface area contributed by atoms with Gasteiger partial charge < -0.3 is 4.90 Å². The highest BCUT2D eigenvalue weighted by Gasteiger charge is 2.27. The van der Waals surface area contributed by atoms with Gasteiger partial charge in [-0.1, -0.05) is 25.4 Å². The van der Waals surface area contributed by atoms with E-state index in [0.717, 1.165) is 6.42 Å². The fourth-order valence-electron chi connectivity index (χ4n) is 2.96. The maximum absolute atomic E-state index is 12.6. The third-order valence-electron chi connectivity index (χ3n) is 3.89. The van der Waals surface area contributed by atoms with Crippen molar-refractivity contribution in [3.63, 3.8) is 0 Å². The predicted octanol–water partition coefficient (Wildman–Crippen LogP) is 2.37. The topological polar surface area (TPSA) is 66.5 Å². The number of likely N-dealkylation sites (tertiary alicyclic amines) is 1. The molecule has 1 aliphatic rings. The van der Waals surface area contributed by atoms with Gasteiger partial charge >= 0.3 is 0 Å². The summed E-state index contributed by atoms with van der Waals surface area (Å²) in [6.07, 6.45) is 1.10. The van der Waals surface area contributed by atoms with E-state index in [1.54, 1.807) is 11.0 Å². The summed E-state index contributed by atoms with van der Waals surface area (Å²) in [5.41, 5.74) is 0.347. The number of hydrogen-bond acceptors (Lipinski definition) is 3. The van der Waals surface area contributed by atoms with E-state index in [1.807, 2.05) is 0 Å². The largest absolute Gasteiger partial charge is 0.338 e. The van der Waals surface area contributed by atoms with Crippen LogP contribution in [0.1, 0.15) is 30.6 Å².